The molecular weight excluding hydrogens is 314 g/mol. The first-order valence-corrected chi connectivity index (χ1v) is 7.77. The highest BCUT2D eigenvalue weighted by Gasteiger charge is 2.07. The van der Waals surface area contributed by atoms with Crippen molar-refractivity contribution in [1.82, 2.24) is 0 Å². The number of halogens is 1. The van der Waals surface area contributed by atoms with Crippen molar-refractivity contribution < 1.29 is 14.6 Å². The highest BCUT2D eigenvalue weighted by atomic mass is 35.5. The van der Waals surface area contributed by atoms with Crippen LogP contribution in [0.5, 0.6) is 5.75 Å². The number of anilines is 1. The molecule has 0 unspecified atom stereocenters. The van der Waals surface area contributed by atoms with Crippen molar-refractivity contribution in [2.24, 2.45) is 0 Å². The third kappa shape index (κ3) is 4.63. The Labute approximate surface area is 141 Å². The van der Waals surface area contributed by atoms with E-state index in [2.05, 4.69) is 5.32 Å². The maximum Gasteiger partial charge on any atom is 0.335 e. The molecule has 0 amide bonds. The number of nitrogens with one attached hydrogen (secondary N) is 1. The standard InChI is InChI=1S/C18H20ClNO3/c1-11(2)23-17-7-4-13(9-15(17)19)10-20-16-6-5-14(18(21)22)8-12(16)3/h4-9,11,20H,10H2,1-3H3,(H,21,22). The van der Waals surface area contributed by atoms with Crippen LogP contribution in [0.2, 0.25) is 5.02 Å². The molecule has 0 aliphatic rings. The first-order valence-electron chi connectivity index (χ1n) is 7.39. The summed E-state index contributed by atoms with van der Waals surface area (Å²) in [6.45, 7) is 6.38. The molecule has 0 fully saturated rings. The molecule has 122 valence electrons. The fraction of sp³-hybridized carbons (Fsp3) is 0.278. The zero-order chi connectivity index (χ0) is 17.0. The van der Waals surface area contributed by atoms with E-state index in [4.69, 9.17) is 21.4 Å². The maximum atomic E-state index is 10.9. The Morgan fingerprint density at radius 1 is 1.26 bits per heavy atom. The number of ether oxygens (including phenoxy) is 1. The lowest BCUT2D eigenvalue weighted by molar-refractivity contribution is 0.0697. The van der Waals surface area contributed by atoms with Gasteiger partial charge in [0.2, 0.25) is 0 Å². The number of aryl methyl sites for hydroxylation is 1. The van der Waals surface area contributed by atoms with Gasteiger partial charge in [-0.2, -0.15) is 0 Å². The summed E-state index contributed by atoms with van der Waals surface area (Å²) in [6, 6.07) is 10.7. The first-order chi connectivity index (χ1) is 10.9. The molecule has 0 heterocycles. The number of benzene rings is 2. The molecule has 0 saturated heterocycles. The molecule has 0 saturated carbocycles. The lowest BCUT2D eigenvalue weighted by atomic mass is 10.1. The van der Waals surface area contributed by atoms with Crippen LogP contribution >= 0.6 is 11.6 Å². The van der Waals surface area contributed by atoms with Crippen molar-refractivity contribution >= 4 is 23.3 Å². The number of rotatable bonds is 6. The van der Waals surface area contributed by atoms with Gasteiger partial charge in [-0.15, -0.1) is 0 Å². The van der Waals surface area contributed by atoms with Crippen LogP contribution in [-0.4, -0.2) is 17.2 Å². The third-order valence-corrected chi connectivity index (χ3v) is 3.61. The van der Waals surface area contributed by atoms with Crippen LogP contribution in [-0.2, 0) is 6.54 Å². The molecule has 0 atom stereocenters. The number of hydrogen-bond acceptors (Lipinski definition) is 3. The molecule has 0 spiro atoms. The summed E-state index contributed by atoms with van der Waals surface area (Å²) in [6.07, 6.45) is 0.0758. The normalized spacial score (nSPS) is 10.7. The van der Waals surface area contributed by atoms with Gasteiger partial charge in [0.1, 0.15) is 5.75 Å². The van der Waals surface area contributed by atoms with Gasteiger partial charge in [0.15, 0.2) is 0 Å². The monoisotopic (exact) mass is 333 g/mol. The summed E-state index contributed by atoms with van der Waals surface area (Å²) in [7, 11) is 0. The van der Waals surface area contributed by atoms with Gasteiger partial charge in [-0.25, -0.2) is 4.79 Å². The molecule has 0 bridgehead atoms. The smallest absolute Gasteiger partial charge is 0.335 e. The van der Waals surface area contributed by atoms with Crippen LogP contribution in [0.3, 0.4) is 0 Å². The van der Waals surface area contributed by atoms with Gasteiger partial charge >= 0.3 is 5.97 Å². The predicted octanol–water partition coefficient (Wildman–Crippen LogP) is 4.75. The van der Waals surface area contributed by atoms with Gasteiger partial charge in [0.05, 0.1) is 16.7 Å². The highest BCUT2D eigenvalue weighted by Crippen LogP contribution is 2.27. The summed E-state index contributed by atoms with van der Waals surface area (Å²) >= 11 is 6.22. The van der Waals surface area contributed by atoms with E-state index in [0.717, 1.165) is 16.8 Å². The van der Waals surface area contributed by atoms with Crippen LogP contribution in [0.4, 0.5) is 5.69 Å². The van der Waals surface area contributed by atoms with Crippen molar-refractivity contribution in [3.63, 3.8) is 0 Å². The summed E-state index contributed by atoms with van der Waals surface area (Å²) in [5, 5.41) is 12.9. The van der Waals surface area contributed by atoms with Crippen LogP contribution in [0, 0.1) is 6.92 Å². The second kappa shape index (κ2) is 7.38. The highest BCUT2D eigenvalue weighted by molar-refractivity contribution is 6.32. The van der Waals surface area contributed by atoms with E-state index in [1.807, 2.05) is 39.0 Å². The third-order valence-electron chi connectivity index (χ3n) is 3.32. The quantitative estimate of drug-likeness (QED) is 0.801. The van der Waals surface area contributed by atoms with Gasteiger partial charge < -0.3 is 15.2 Å². The molecule has 0 aromatic heterocycles. The van der Waals surface area contributed by atoms with Crippen molar-refractivity contribution in [2.45, 2.75) is 33.4 Å². The van der Waals surface area contributed by atoms with Crippen molar-refractivity contribution in [1.29, 1.82) is 0 Å². The second-order valence-electron chi connectivity index (χ2n) is 5.62. The SMILES string of the molecule is Cc1cc(C(=O)O)ccc1NCc1ccc(OC(C)C)c(Cl)c1. The number of aromatic carboxylic acids is 1. The average molecular weight is 334 g/mol. The largest absolute Gasteiger partial charge is 0.489 e. The van der Waals surface area contributed by atoms with E-state index >= 15 is 0 Å². The van der Waals surface area contributed by atoms with Crippen LogP contribution in [0.15, 0.2) is 36.4 Å². The topological polar surface area (TPSA) is 58.6 Å². The van der Waals surface area contributed by atoms with Crippen molar-refractivity contribution in [2.75, 3.05) is 5.32 Å². The van der Waals surface area contributed by atoms with Crippen LogP contribution in [0.25, 0.3) is 0 Å². The zero-order valence-electron chi connectivity index (χ0n) is 13.4. The molecule has 2 N–H and O–H groups in total. The molecule has 23 heavy (non-hydrogen) atoms. The zero-order valence-corrected chi connectivity index (χ0v) is 14.1. The molecule has 2 rings (SSSR count). The fourth-order valence-electron chi connectivity index (χ4n) is 2.20. The number of carboxylic acids is 1. The Balaban J connectivity index is 2.06. The van der Waals surface area contributed by atoms with Gasteiger partial charge in [-0.05, 0) is 62.2 Å². The predicted molar refractivity (Wildman–Crippen MR) is 92.7 cm³/mol. The Hall–Kier alpha value is -2.20. The maximum absolute atomic E-state index is 10.9. The molecule has 4 nitrogen and oxygen atoms in total. The number of hydrogen-bond donors (Lipinski definition) is 2. The summed E-state index contributed by atoms with van der Waals surface area (Å²) in [5.41, 5.74) is 3.09. The average Bonchev–Trinajstić information content (AvgIpc) is 2.48. The summed E-state index contributed by atoms with van der Waals surface area (Å²) < 4.78 is 5.61. The van der Waals surface area contributed by atoms with Gasteiger partial charge in [0.25, 0.3) is 0 Å². The summed E-state index contributed by atoms with van der Waals surface area (Å²) in [4.78, 5) is 10.9. The molecule has 2 aromatic carbocycles. The van der Waals surface area contributed by atoms with E-state index in [1.165, 1.54) is 0 Å². The van der Waals surface area contributed by atoms with Crippen LogP contribution < -0.4 is 10.1 Å². The van der Waals surface area contributed by atoms with Gasteiger partial charge in [-0.3, -0.25) is 0 Å². The minimum Gasteiger partial charge on any atom is -0.489 e. The molecule has 0 aliphatic carbocycles. The van der Waals surface area contributed by atoms with Gasteiger partial charge in [-0.1, -0.05) is 17.7 Å². The molecule has 0 aliphatic heterocycles. The van der Waals surface area contributed by atoms with E-state index < -0.39 is 5.97 Å². The Morgan fingerprint density at radius 3 is 2.57 bits per heavy atom. The Morgan fingerprint density at radius 2 is 2.00 bits per heavy atom. The van der Waals surface area contributed by atoms with E-state index in [1.54, 1.807) is 18.2 Å². The molecule has 5 heteroatoms. The number of carbonyl (C=O) groups is 1. The lowest BCUT2D eigenvalue weighted by Gasteiger charge is -2.14. The van der Waals surface area contributed by atoms with Crippen molar-refractivity contribution in [3.8, 4) is 5.75 Å². The second-order valence-corrected chi connectivity index (χ2v) is 6.03. The van der Waals surface area contributed by atoms with E-state index in [0.29, 0.717) is 17.3 Å². The van der Waals surface area contributed by atoms with Crippen molar-refractivity contribution in [3.05, 3.63) is 58.1 Å². The first kappa shape index (κ1) is 17.2. The van der Waals surface area contributed by atoms with Crippen LogP contribution in [0.1, 0.15) is 35.3 Å². The lowest BCUT2D eigenvalue weighted by Crippen LogP contribution is -2.07. The summed E-state index contributed by atoms with van der Waals surface area (Å²) in [5.74, 6) is -0.250. The van der Waals surface area contributed by atoms with E-state index in [9.17, 15) is 4.79 Å². The molecule has 2 aromatic rings. The minimum absolute atomic E-state index is 0.0758. The molecule has 0 radical (unpaired) electrons. The Bertz CT molecular complexity index is 713. The minimum atomic E-state index is -0.924. The van der Waals surface area contributed by atoms with Gasteiger partial charge in [0, 0.05) is 12.2 Å². The fourth-order valence-corrected chi connectivity index (χ4v) is 2.44. The molecular formula is C18H20ClNO3. The Kier molecular flexibility index (Phi) is 5.50. The van der Waals surface area contributed by atoms with E-state index in [-0.39, 0.29) is 11.7 Å². The number of carboxylic acid groups (broad SMARTS) is 1.